The second kappa shape index (κ2) is 4.01. The van der Waals surface area contributed by atoms with Crippen molar-refractivity contribution in [3.63, 3.8) is 0 Å². The van der Waals surface area contributed by atoms with E-state index in [4.69, 9.17) is 0 Å². The fraction of sp³-hybridized carbons (Fsp3) is 0.400. The second-order valence-corrected chi connectivity index (χ2v) is 4.78. The molecule has 1 heterocycles. The van der Waals surface area contributed by atoms with Crippen molar-refractivity contribution in [1.29, 1.82) is 0 Å². The fourth-order valence-corrected chi connectivity index (χ4v) is 0.948. The first-order chi connectivity index (χ1) is 5.97. The Kier molecular flexibility index (Phi) is 3.20. The third-order valence-corrected chi connectivity index (χ3v) is 1.80. The minimum Gasteiger partial charge on any atom is -0.252 e. The molecule has 0 bridgehead atoms. The molecule has 0 fully saturated rings. The van der Waals surface area contributed by atoms with Crippen molar-refractivity contribution in [3.8, 4) is 0 Å². The van der Waals surface area contributed by atoms with Crippen LogP contribution in [0.1, 0.15) is 26.5 Å². The summed E-state index contributed by atoms with van der Waals surface area (Å²) in [5.74, 6) is 0. The molecule has 1 aromatic heterocycles. The fourth-order valence-electron chi connectivity index (χ4n) is 0.744. The molecule has 0 saturated carbocycles. The number of rotatable bonds is 1. The highest BCUT2D eigenvalue weighted by Crippen LogP contribution is 2.16. The molecule has 0 N–H and O–H groups in total. The molecule has 0 unspecified atom stereocenters. The van der Waals surface area contributed by atoms with Gasteiger partial charge in [-0.2, -0.15) is 0 Å². The van der Waals surface area contributed by atoms with Gasteiger partial charge in [0.15, 0.2) is 0 Å². The monoisotopic (exact) mass is 240 g/mol. The summed E-state index contributed by atoms with van der Waals surface area (Å²) < 4.78 is 0.764. The van der Waals surface area contributed by atoms with Crippen LogP contribution >= 0.6 is 15.9 Å². The summed E-state index contributed by atoms with van der Waals surface area (Å²) in [4.78, 5) is 8.27. The van der Waals surface area contributed by atoms with E-state index in [1.165, 1.54) is 0 Å². The molecule has 1 rings (SSSR count). The molecule has 3 heteroatoms. The molecule has 0 aliphatic carbocycles. The first kappa shape index (κ1) is 10.4. The predicted octanol–water partition coefficient (Wildman–Crippen LogP) is 3.30. The summed E-state index contributed by atoms with van der Waals surface area (Å²) in [6.07, 6.45) is 7.54. The zero-order valence-electron chi connectivity index (χ0n) is 8.08. The van der Waals surface area contributed by atoms with Gasteiger partial charge in [-0.25, -0.2) is 4.98 Å². The second-order valence-electron chi connectivity index (χ2n) is 3.96. The zero-order chi connectivity index (χ0) is 9.90. The molecule has 0 aliphatic heterocycles. The van der Waals surface area contributed by atoms with Crippen molar-refractivity contribution in [1.82, 2.24) is 9.97 Å². The molecule has 0 saturated heterocycles. The van der Waals surface area contributed by atoms with Gasteiger partial charge in [0.05, 0.1) is 18.1 Å². The van der Waals surface area contributed by atoms with Gasteiger partial charge in [-0.05, 0) is 27.4 Å². The Morgan fingerprint density at radius 3 is 2.38 bits per heavy atom. The Morgan fingerprint density at radius 1 is 1.23 bits per heavy atom. The van der Waals surface area contributed by atoms with E-state index in [0.29, 0.717) is 0 Å². The number of hydrogen-bond acceptors (Lipinski definition) is 2. The van der Waals surface area contributed by atoms with E-state index >= 15 is 0 Å². The highest BCUT2D eigenvalue weighted by Gasteiger charge is 2.03. The SMILES string of the molecule is CC(C)(C)/C=C/c1cnc(Br)cn1. The number of hydrogen-bond donors (Lipinski definition) is 0. The van der Waals surface area contributed by atoms with Crippen molar-refractivity contribution < 1.29 is 0 Å². The average molecular weight is 241 g/mol. The Balaban J connectivity index is 2.75. The van der Waals surface area contributed by atoms with Crippen LogP contribution in [0.2, 0.25) is 0 Å². The van der Waals surface area contributed by atoms with E-state index in [1.807, 2.05) is 6.08 Å². The van der Waals surface area contributed by atoms with Crippen LogP contribution in [0.25, 0.3) is 6.08 Å². The smallest absolute Gasteiger partial charge is 0.124 e. The van der Waals surface area contributed by atoms with Crippen LogP contribution in [0.4, 0.5) is 0 Å². The number of allylic oxidation sites excluding steroid dienone is 1. The van der Waals surface area contributed by atoms with Gasteiger partial charge >= 0.3 is 0 Å². The molecular formula is C10H13BrN2. The predicted molar refractivity (Wildman–Crippen MR) is 58.2 cm³/mol. The van der Waals surface area contributed by atoms with Gasteiger partial charge in [0, 0.05) is 0 Å². The number of aromatic nitrogens is 2. The molecule has 70 valence electrons. The summed E-state index contributed by atoms with van der Waals surface area (Å²) >= 11 is 3.24. The minimum absolute atomic E-state index is 0.189. The van der Waals surface area contributed by atoms with E-state index in [2.05, 4.69) is 52.7 Å². The van der Waals surface area contributed by atoms with Crippen molar-refractivity contribution in [2.75, 3.05) is 0 Å². The lowest BCUT2D eigenvalue weighted by Gasteiger charge is -2.10. The topological polar surface area (TPSA) is 25.8 Å². The maximum Gasteiger partial charge on any atom is 0.124 e. The van der Waals surface area contributed by atoms with Crippen LogP contribution in [-0.2, 0) is 0 Å². The summed E-state index contributed by atoms with van der Waals surface area (Å²) in [5, 5.41) is 0. The summed E-state index contributed by atoms with van der Waals surface area (Å²) in [6, 6.07) is 0. The van der Waals surface area contributed by atoms with Gasteiger partial charge in [0.25, 0.3) is 0 Å². The molecular weight excluding hydrogens is 228 g/mol. The quantitative estimate of drug-likeness (QED) is 0.753. The van der Waals surface area contributed by atoms with Crippen LogP contribution < -0.4 is 0 Å². The Hall–Kier alpha value is -0.700. The third kappa shape index (κ3) is 4.18. The molecule has 2 nitrogen and oxygen atoms in total. The van der Waals surface area contributed by atoms with Crippen molar-refractivity contribution in [2.45, 2.75) is 20.8 Å². The third-order valence-electron chi connectivity index (χ3n) is 1.39. The highest BCUT2D eigenvalue weighted by atomic mass is 79.9. The standard InChI is InChI=1S/C10H13BrN2/c1-10(2,3)5-4-8-6-13-9(11)7-12-8/h4-7H,1-3H3/b5-4+. The average Bonchev–Trinajstić information content (AvgIpc) is 2.02. The lowest BCUT2D eigenvalue weighted by Crippen LogP contribution is -1.98. The van der Waals surface area contributed by atoms with Crippen molar-refractivity contribution in [3.05, 3.63) is 28.8 Å². The molecule has 0 aliphatic rings. The van der Waals surface area contributed by atoms with Crippen LogP contribution in [-0.4, -0.2) is 9.97 Å². The van der Waals surface area contributed by atoms with Gasteiger partial charge < -0.3 is 0 Å². The maximum absolute atomic E-state index is 4.19. The molecule has 0 radical (unpaired) electrons. The van der Waals surface area contributed by atoms with E-state index in [-0.39, 0.29) is 5.41 Å². The van der Waals surface area contributed by atoms with Crippen molar-refractivity contribution in [2.24, 2.45) is 5.41 Å². The summed E-state index contributed by atoms with van der Waals surface area (Å²) in [5.41, 5.74) is 1.08. The van der Waals surface area contributed by atoms with Crippen LogP contribution in [0, 0.1) is 5.41 Å². The first-order valence-corrected chi connectivity index (χ1v) is 4.93. The van der Waals surface area contributed by atoms with Gasteiger partial charge in [0.2, 0.25) is 0 Å². The highest BCUT2D eigenvalue weighted by molar-refractivity contribution is 9.10. The molecule has 13 heavy (non-hydrogen) atoms. The van der Waals surface area contributed by atoms with E-state index in [0.717, 1.165) is 10.3 Å². The molecule has 0 aromatic carbocycles. The van der Waals surface area contributed by atoms with Gasteiger partial charge in [-0.1, -0.05) is 26.8 Å². The largest absolute Gasteiger partial charge is 0.252 e. The van der Waals surface area contributed by atoms with E-state index in [1.54, 1.807) is 12.4 Å². The van der Waals surface area contributed by atoms with Crippen LogP contribution in [0.5, 0.6) is 0 Å². The van der Waals surface area contributed by atoms with Gasteiger partial charge in [-0.15, -0.1) is 0 Å². The number of nitrogens with zero attached hydrogens (tertiary/aromatic N) is 2. The Bertz CT molecular complexity index is 296. The lowest BCUT2D eigenvalue weighted by molar-refractivity contribution is 0.547. The van der Waals surface area contributed by atoms with Crippen LogP contribution in [0.15, 0.2) is 23.1 Å². The maximum atomic E-state index is 4.19. The van der Waals surface area contributed by atoms with Gasteiger partial charge in [0.1, 0.15) is 4.60 Å². The first-order valence-electron chi connectivity index (χ1n) is 4.14. The Morgan fingerprint density at radius 2 is 1.92 bits per heavy atom. The summed E-state index contributed by atoms with van der Waals surface area (Å²) in [6.45, 7) is 6.45. The van der Waals surface area contributed by atoms with E-state index < -0.39 is 0 Å². The van der Waals surface area contributed by atoms with Gasteiger partial charge in [-0.3, -0.25) is 4.98 Å². The minimum atomic E-state index is 0.189. The normalized spacial score (nSPS) is 12.3. The van der Waals surface area contributed by atoms with Crippen molar-refractivity contribution >= 4 is 22.0 Å². The molecule has 0 amide bonds. The van der Waals surface area contributed by atoms with E-state index in [9.17, 15) is 0 Å². The van der Waals surface area contributed by atoms with Crippen LogP contribution in [0.3, 0.4) is 0 Å². The summed E-state index contributed by atoms with van der Waals surface area (Å²) in [7, 11) is 0. The molecule has 1 aromatic rings. The molecule has 0 spiro atoms. The lowest BCUT2D eigenvalue weighted by atomic mass is 9.96. The number of halogens is 1. The zero-order valence-corrected chi connectivity index (χ0v) is 9.67. The molecule has 0 atom stereocenters. The Labute approximate surface area is 87.2 Å².